The molecule has 0 amide bonds. The number of hydrogen-bond donors (Lipinski definition) is 0. The van der Waals surface area contributed by atoms with Crippen LogP contribution in [-0.2, 0) is 6.54 Å². The van der Waals surface area contributed by atoms with Gasteiger partial charge in [0.2, 0.25) is 0 Å². The first-order valence-corrected chi connectivity index (χ1v) is 6.20. The van der Waals surface area contributed by atoms with Gasteiger partial charge in [-0.3, -0.25) is 9.88 Å². The van der Waals surface area contributed by atoms with Crippen LogP contribution in [0.15, 0.2) is 24.5 Å². The first-order chi connectivity index (χ1) is 7.57. The maximum absolute atomic E-state index is 4.07. The molecule has 1 saturated heterocycles. The van der Waals surface area contributed by atoms with Crippen LogP contribution in [0.3, 0.4) is 0 Å². The van der Waals surface area contributed by atoms with Gasteiger partial charge in [-0.1, -0.05) is 20.8 Å². The van der Waals surface area contributed by atoms with Crippen LogP contribution in [0.25, 0.3) is 0 Å². The van der Waals surface area contributed by atoms with E-state index in [0.717, 1.165) is 12.6 Å². The molecule has 1 aliphatic heterocycles. The SMILES string of the molecule is CC(C)(C)C1CCCN1Cc1ccncc1. The molecule has 88 valence electrons. The number of nitrogens with zero attached hydrogens (tertiary/aromatic N) is 2. The minimum atomic E-state index is 0.392. The summed E-state index contributed by atoms with van der Waals surface area (Å²) in [6, 6.07) is 4.97. The summed E-state index contributed by atoms with van der Waals surface area (Å²) in [4.78, 5) is 6.69. The summed E-state index contributed by atoms with van der Waals surface area (Å²) in [5.74, 6) is 0. The van der Waals surface area contributed by atoms with E-state index < -0.39 is 0 Å². The first kappa shape index (κ1) is 11.6. The molecule has 1 aliphatic rings. The van der Waals surface area contributed by atoms with E-state index in [4.69, 9.17) is 0 Å². The molecule has 0 aromatic carbocycles. The normalized spacial score (nSPS) is 22.6. The van der Waals surface area contributed by atoms with Gasteiger partial charge in [-0.05, 0) is 42.5 Å². The molecule has 2 nitrogen and oxygen atoms in total. The molecule has 1 atom stereocenters. The van der Waals surface area contributed by atoms with Crippen LogP contribution >= 0.6 is 0 Å². The summed E-state index contributed by atoms with van der Waals surface area (Å²) in [5, 5.41) is 0. The molecule has 1 fully saturated rings. The second-order valence-corrected chi connectivity index (χ2v) is 5.85. The van der Waals surface area contributed by atoms with Crippen molar-refractivity contribution in [3.05, 3.63) is 30.1 Å². The van der Waals surface area contributed by atoms with Crippen LogP contribution < -0.4 is 0 Å². The number of likely N-dealkylation sites (tertiary alicyclic amines) is 1. The minimum Gasteiger partial charge on any atom is -0.296 e. The average Bonchev–Trinajstić information content (AvgIpc) is 2.67. The van der Waals surface area contributed by atoms with Gasteiger partial charge < -0.3 is 0 Å². The van der Waals surface area contributed by atoms with Crippen molar-refractivity contribution in [2.45, 2.75) is 46.2 Å². The lowest BCUT2D eigenvalue weighted by Gasteiger charge is -2.35. The number of rotatable bonds is 2. The monoisotopic (exact) mass is 218 g/mol. The zero-order chi connectivity index (χ0) is 11.6. The molecule has 0 spiro atoms. The van der Waals surface area contributed by atoms with Crippen LogP contribution in [0.4, 0.5) is 0 Å². The largest absolute Gasteiger partial charge is 0.296 e. The van der Waals surface area contributed by atoms with E-state index in [2.05, 4.69) is 42.8 Å². The van der Waals surface area contributed by atoms with Crippen LogP contribution in [0, 0.1) is 5.41 Å². The van der Waals surface area contributed by atoms with Gasteiger partial charge in [-0.2, -0.15) is 0 Å². The van der Waals surface area contributed by atoms with Crippen molar-refractivity contribution in [1.82, 2.24) is 9.88 Å². The molecule has 1 aromatic heterocycles. The molecular formula is C14H22N2. The third-order valence-electron chi connectivity index (χ3n) is 3.50. The Morgan fingerprint density at radius 2 is 2.00 bits per heavy atom. The van der Waals surface area contributed by atoms with Crippen LogP contribution in [-0.4, -0.2) is 22.5 Å². The predicted octanol–water partition coefficient (Wildman–Crippen LogP) is 3.09. The molecule has 0 radical (unpaired) electrons. The van der Waals surface area contributed by atoms with Crippen molar-refractivity contribution < 1.29 is 0 Å². The maximum Gasteiger partial charge on any atom is 0.0271 e. The van der Waals surface area contributed by atoms with Gasteiger partial charge in [0.1, 0.15) is 0 Å². The Balaban J connectivity index is 2.05. The zero-order valence-corrected chi connectivity index (χ0v) is 10.6. The molecule has 0 saturated carbocycles. The van der Waals surface area contributed by atoms with Crippen molar-refractivity contribution in [1.29, 1.82) is 0 Å². The minimum absolute atomic E-state index is 0.392. The van der Waals surface area contributed by atoms with Gasteiger partial charge in [0.15, 0.2) is 0 Å². The van der Waals surface area contributed by atoms with E-state index in [9.17, 15) is 0 Å². The Morgan fingerprint density at radius 1 is 1.31 bits per heavy atom. The highest BCUT2D eigenvalue weighted by Gasteiger charge is 2.33. The first-order valence-electron chi connectivity index (χ1n) is 6.20. The number of pyridine rings is 1. The van der Waals surface area contributed by atoms with Crippen molar-refractivity contribution in [3.8, 4) is 0 Å². The van der Waals surface area contributed by atoms with Crippen molar-refractivity contribution in [3.63, 3.8) is 0 Å². The van der Waals surface area contributed by atoms with E-state index in [-0.39, 0.29) is 0 Å². The second-order valence-electron chi connectivity index (χ2n) is 5.85. The van der Waals surface area contributed by atoms with E-state index >= 15 is 0 Å². The summed E-state index contributed by atoms with van der Waals surface area (Å²) in [6.45, 7) is 9.36. The fraction of sp³-hybridized carbons (Fsp3) is 0.643. The standard InChI is InChI=1S/C14H22N2/c1-14(2,3)13-5-4-10-16(13)11-12-6-8-15-9-7-12/h6-9,13H,4-5,10-11H2,1-3H3. The fourth-order valence-electron chi connectivity index (χ4n) is 2.72. The van der Waals surface area contributed by atoms with E-state index in [1.54, 1.807) is 0 Å². The summed E-state index contributed by atoms with van der Waals surface area (Å²) in [5.41, 5.74) is 1.77. The van der Waals surface area contributed by atoms with E-state index in [0.29, 0.717) is 5.41 Å². The van der Waals surface area contributed by atoms with E-state index in [1.165, 1.54) is 24.9 Å². The highest BCUT2D eigenvalue weighted by atomic mass is 15.2. The Labute approximate surface area is 98.7 Å². The Kier molecular flexibility index (Phi) is 3.29. The lowest BCUT2D eigenvalue weighted by Crippen LogP contribution is -2.38. The second kappa shape index (κ2) is 4.54. The van der Waals surface area contributed by atoms with E-state index in [1.807, 2.05) is 12.4 Å². The van der Waals surface area contributed by atoms with Gasteiger partial charge in [0.25, 0.3) is 0 Å². The van der Waals surface area contributed by atoms with Gasteiger partial charge in [0.05, 0.1) is 0 Å². The molecular weight excluding hydrogens is 196 g/mol. The summed E-state index contributed by atoms with van der Waals surface area (Å²) >= 11 is 0. The van der Waals surface area contributed by atoms with Gasteiger partial charge in [-0.15, -0.1) is 0 Å². The van der Waals surface area contributed by atoms with Gasteiger partial charge >= 0.3 is 0 Å². The maximum atomic E-state index is 4.07. The smallest absolute Gasteiger partial charge is 0.0271 e. The van der Waals surface area contributed by atoms with Gasteiger partial charge in [-0.25, -0.2) is 0 Å². The average molecular weight is 218 g/mol. The van der Waals surface area contributed by atoms with Crippen LogP contribution in [0.2, 0.25) is 0 Å². The highest BCUT2D eigenvalue weighted by Crippen LogP contribution is 2.33. The summed E-state index contributed by atoms with van der Waals surface area (Å²) in [6.07, 6.45) is 6.45. The van der Waals surface area contributed by atoms with Crippen LogP contribution in [0.5, 0.6) is 0 Å². The van der Waals surface area contributed by atoms with Gasteiger partial charge in [0, 0.05) is 25.0 Å². The third kappa shape index (κ3) is 2.62. The lowest BCUT2D eigenvalue weighted by atomic mass is 9.85. The molecule has 0 N–H and O–H groups in total. The lowest BCUT2D eigenvalue weighted by molar-refractivity contribution is 0.134. The number of hydrogen-bond acceptors (Lipinski definition) is 2. The molecule has 1 aromatic rings. The highest BCUT2D eigenvalue weighted by molar-refractivity contribution is 5.10. The molecule has 0 bridgehead atoms. The van der Waals surface area contributed by atoms with Crippen LogP contribution in [0.1, 0.15) is 39.2 Å². The zero-order valence-electron chi connectivity index (χ0n) is 10.6. The molecule has 16 heavy (non-hydrogen) atoms. The molecule has 0 aliphatic carbocycles. The topological polar surface area (TPSA) is 16.1 Å². The Morgan fingerprint density at radius 3 is 2.62 bits per heavy atom. The number of aromatic nitrogens is 1. The third-order valence-corrected chi connectivity index (χ3v) is 3.50. The molecule has 2 heterocycles. The Bertz CT molecular complexity index is 326. The molecule has 1 unspecified atom stereocenters. The predicted molar refractivity (Wildman–Crippen MR) is 67.1 cm³/mol. The van der Waals surface area contributed by atoms with Crippen molar-refractivity contribution >= 4 is 0 Å². The summed E-state index contributed by atoms with van der Waals surface area (Å²) in [7, 11) is 0. The molecule has 2 heteroatoms. The summed E-state index contributed by atoms with van der Waals surface area (Å²) < 4.78 is 0. The Hall–Kier alpha value is -0.890. The van der Waals surface area contributed by atoms with Crippen molar-refractivity contribution in [2.24, 2.45) is 5.41 Å². The molecule has 2 rings (SSSR count). The fourth-order valence-corrected chi connectivity index (χ4v) is 2.72. The van der Waals surface area contributed by atoms with Crippen molar-refractivity contribution in [2.75, 3.05) is 6.54 Å². The quantitative estimate of drug-likeness (QED) is 0.758.